The molecular weight excluding hydrogens is 320 g/mol. The lowest BCUT2D eigenvalue weighted by molar-refractivity contribution is -0.124. The summed E-state index contributed by atoms with van der Waals surface area (Å²) in [6, 6.07) is 5.76. The first-order chi connectivity index (χ1) is 11.9. The minimum Gasteiger partial charge on any atom is -0.374 e. The van der Waals surface area contributed by atoms with E-state index >= 15 is 0 Å². The second-order valence-electron chi connectivity index (χ2n) is 6.63. The molecule has 6 heteroatoms. The molecule has 1 N–H and O–H groups in total. The molecule has 0 spiro atoms. The van der Waals surface area contributed by atoms with Gasteiger partial charge in [-0.25, -0.2) is 0 Å². The zero-order valence-corrected chi connectivity index (χ0v) is 14.5. The van der Waals surface area contributed by atoms with Crippen LogP contribution in [0.25, 0.3) is 0 Å². The zero-order chi connectivity index (χ0) is 18.1. The van der Waals surface area contributed by atoms with E-state index in [2.05, 4.69) is 11.9 Å². The van der Waals surface area contributed by atoms with E-state index in [1.165, 1.54) is 0 Å². The molecule has 0 aromatic heterocycles. The lowest BCUT2D eigenvalue weighted by Gasteiger charge is -2.24. The maximum Gasteiger partial charge on any atom is 0.262 e. The average molecular weight is 342 g/mol. The fraction of sp³-hybridized carbons (Fsp3) is 0.421. The fourth-order valence-corrected chi connectivity index (χ4v) is 3.44. The van der Waals surface area contributed by atoms with Crippen LogP contribution in [0.2, 0.25) is 0 Å². The molecule has 1 aromatic rings. The Morgan fingerprint density at radius 2 is 1.92 bits per heavy atom. The quantitative estimate of drug-likeness (QED) is 0.654. The van der Waals surface area contributed by atoms with Crippen LogP contribution in [0.1, 0.15) is 41.0 Å². The van der Waals surface area contributed by atoms with Gasteiger partial charge in [0.2, 0.25) is 5.91 Å². The predicted octanol–water partition coefficient (Wildman–Crippen LogP) is 1.77. The number of nitrogens with one attached hydrogen (secondary N) is 1. The molecule has 3 atom stereocenters. The molecule has 1 aromatic carbocycles. The van der Waals surface area contributed by atoms with Gasteiger partial charge in [0.15, 0.2) is 0 Å². The molecule has 0 saturated carbocycles. The van der Waals surface area contributed by atoms with Crippen molar-refractivity contribution in [2.24, 2.45) is 5.92 Å². The number of hydrogen-bond acceptors (Lipinski definition) is 4. The van der Waals surface area contributed by atoms with Gasteiger partial charge in [-0.05, 0) is 32.4 Å². The lowest BCUT2D eigenvalue weighted by Crippen LogP contribution is -2.49. The van der Waals surface area contributed by atoms with Crippen molar-refractivity contribution < 1.29 is 19.1 Å². The Hall–Kier alpha value is -2.47. The van der Waals surface area contributed by atoms with Crippen molar-refractivity contribution in [3.8, 4) is 0 Å². The SMILES string of the molecule is C=C(C)[C@@H]1OCC[C@H]1CNC(=O)[C@H](C)N1C(=O)c2ccccc2C1=O. The number of carbonyl (C=O) groups excluding carboxylic acids is 3. The van der Waals surface area contributed by atoms with E-state index in [0.29, 0.717) is 24.3 Å². The Kier molecular flexibility index (Phi) is 4.72. The van der Waals surface area contributed by atoms with E-state index in [-0.39, 0.29) is 17.9 Å². The zero-order valence-electron chi connectivity index (χ0n) is 14.5. The number of ether oxygens (including phenoxy) is 1. The molecule has 25 heavy (non-hydrogen) atoms. The van der Waals surface area contributed by atoms with Gasteiger partial charge in [-0.15, -0.1) is 0 Å². The van der Waals surface area contributed by atoms with E-state index < -0.39 is 17.9 Å². The molecule has 6 nitrogen and oxygen atoms in total. The highest BCUT2D eigenvalue weighted by atomic mass is 16.5. The van der Waals surface area contributed by atoms with Crippen LogP contribution in [-0.2, 0) is 9.53 Å². The van der Waals surface area contributed by atoms with Crippen LogP contribution in [0.5, 0.6) is 0 Å². The molecule has 0 radical (unpaired) electrons. The Morgan fingerprint density at radius 3 is 2.48 bits per heavy atom. The highest BCUT2D eigenvalue weighted by Crippen LogP contribution is 2.26. The summed E-state index contributed by atoms with van der Waals surface area (Å²) in [5.41, 5.74) is 1.63. The van der Waals surface area contributed by atoms with Gasteiger partial charge in [0, 0.05) is 19.1 Å². The van der Waals surface area contributed by atoms with Crippen LogP contribution in [-0.4, -0.2) is 47.9 Å². The van der Waals surface area contributed by atoms with Gasteiger partial charge in [0.25, 0.3) is 11.8 Å². The van der Waals surface area contributed by atoms with Gasteiger partial charge in [-0.1, -0.05) is 24.3 Å². The Bertz CT molecular complexity index is 708. The predicted molar refractivity (Wildman–Crippen MR) is 92.1 cm³/mol. The molecule has 2 aliphatic rings. The molecule has 3 rings (SSSR count). The number of imide groups is 1. The lowest BCUT2D eigenvalue weighted by atomic mass is 9.97. The number of carbonyl (C=O) groups is 3. The fourth-order valence-electron chi connectivity index (χ4n) is 3.44. The molecule has 132 valence electrons. The molecular formula is C19H22N2O4. The van der Waals surface area contributed by atoms with Crippen molar-refractivity contribution in [1.29, 1.82) is 0 Å². The molecule has 2 aliphatic heterocycles. The van der Waals surface area contributed by atoms with E-state index in [0.717, 1.165) is 16.9 Å². The van der Waals surface area contributed by atoms with Crippen LogP contribution in [0.3, 0.4) is 0 Å². The third kappa shape index (κ3) is 3.09. The van der Waals surface area contributed by atoms with Crippen LogP contribution < -0.4 is 5.32 Å². The number of amides is 3. The van der Waals surface area contributed by atoms with Crippen molar-refractivity contribution in [3.63, 3.8) is 0 Å². The number of nitrogens with zero attached hydrogens (tertiary/aromatic N) is 1. The molecule has 1 saturated heterocycles. The maximum atomic E-state index is 12.5. The minimum absolute atomic E-state index is 0.0603. The van der Waals surface area contributed by atoms with Crippen molar-refractivity contribution in [2.45, 2.75) is 32.4 Å². The molecule has 2 heterocycles. The maximum absolute atomic E-state index is 12.5. The smallest absolute Gasteiger partial charge is 0.262 e. The normalized spacial score (nSPS) is 23.5. The first-order valence-corrected chi connectivity index (χ1v) is 8.43. The van der Waals surface area contributed by atoms with E-state index in [9.17, 15) is 14.4 Å². The summed E-state index contributed by atoms with van der Waals surface area (Å²) in [6.07, 6.45) is 0.786. The summed E-state index contributed by atoms with van der Waals surface area (Å²) in [6.45, 7) is 8.48. The Balaban J connectivity index is 1.65. The summed E-state index contributed by atoms with van der Waals surface area (Å²) in [7, 11) is 0. The van der Waals surface area contributed by atoms with Crippen LogP contribution >= 0.6 is 0 Å². The van der Waals surface area contributed by atoms with Crippen LogP contribution in [0.15, 0.2) is 36.4 Å². The van der Waals surface area contributed by atoms with Crippen molar-refractivity contribution >= 4 is 17.7 Å². The summed E-state index contributed by atoms with van der Waals surface area (Å²) < 4.78 is 5.63. The highest BCUT2D eigenvalue weighted by molar-refractivity contribution is 6.22. The topological polar surface area (TPSA) is 75.7 Å². The Labute approximate surface area is 146 Å². The summed E-state index contributed by atoms with van der Waals surface area (Å²) in [5.74, 6) is -1.03. The Morgan fingerprint density at radius 1 is 1.32 bits per heavy atom. The van der Waals surface area contributed by atoms with Crippen molar-refractivity contribution in [2.75, 3.05) is 13.2 Å². The average Bonchev–Trinajstić information content (AvgIpc) is 3.16. The van der Waals surface area contributed by atoms with Crippen LogP contribution in [0.4, 0.5) is 0 Å². The van der Waals surface area contributed by atoms with Gasteiger partial charge < -0.3 is 10.1 Å². The summed E-state index contributed by atoms with van der Waals surface area (Å²) >= 11 is 0. The minimum atomic E-state index is -0.863. The van der Waals surface area contributed by atoms with Crippen LogP contribution in [0, 0.1) is 5.92 Å². The number of rotatable bonds is 5. The summed E-state index contributed by atoms with van der Waals surface area (Å²) in [5, 5.41) is 2.85. The number of hydrogen-bond donors (Lipinski definition) is 1. The third-order valence-electron chi connectivity index (χ3n) is 4.83. The largest absolute Gasteiger partial charge is 0.374 e. The van der Waals surface area contributed by atoms with Gasteiger partial charge in [-0.3, -0.25) is 19.3 Å². The van der Waals surface area contributed by atoms with E-state index in [1.807, 2.05) is 6.92 Å². The summed E-state index contributed by atoms with van der Waals surface area (Å²) in [4.78, 5) is 38.4. The third-order valence-corrected chi connectivity index (χ3v) is 4.83. The van der Waals surface area contributed by atoms with Gasteiger partial charge in [-0.2, -0.15) is 0 Å². The molecule has 0 bridgehead atoms. The molecule has 0 unspecified atom stereocenters. The second-order valence-corrected chi connectivity index (χ2v) is 6.63. The standard InChI is InChI=1S/C19H22N2O4/c1-11(2)16-13(8-9-25-16)10-20-17(22)12(3)21-18(23)14-6-4-5-7-15(14)19(21)24/h4-7,12-13,16H,1,8-10H2,2-3H3,(H,20,22)/t12-,13-,16-/m0/s1. The van der Waals surface area contributed by atoms with E-state index in [1.54, 1.807) is 31.2 Å². The van der Waals surface area contributed by atoms with Gasteiger partial charge in [0.05, 0.1) is 17.2 Å². The first kappa shape index (κ1) is 17.4. The molecule has 3 amide bonds. The first-order valence-electron chi connectivity index (χ1n) is 8.43. The number of fused-ring (bicyclic) bond motifs is 1. The van der Waals surface area contributed by atoms with Crippen molar-refractivity contribution in [1.82, 2.24) is 10.2 Å². The van der Waals surface area contributed by atoms with E-state index in [4.69, 9.17) is 4.74 Å². The van der Waals surface area contributed by atoms with Crippen molar-refractivity contribution in [3.05, 3.63) is 47.5 Å². The van der Waals surface area contributed by atoms with Gasteiger partial charge in [0.1, 0.15) is 6.04 Å². The highest BCUT2D eigenvalue weighted by Gasteiger charge is 2.40. The molecule has 0 aliphatic carbocycles. The monoisotopic (exact) mass is 342 g/mol. The molecule has 1 fully saturated rings. The second kappa shape index (κ2) is 6.80. The number of benzene rings is 1. The van der Waals surface area contributed by atoms with Gasteiger partial charge >= 0.3 is 0 Å².